The molecule has 0 N–H and O–H groups in total. The standard InChI is InChI=1S/C30H42/c1-3-5-6-7-8-24-11-14-30-22-29(20-19-28(30)21-24)27-17-15-26(16-18-27)25-12-9-23(4-2)10-13-25/h9-10,12-13,15-18,24,28-30H,3-8,11,14,19-22H2,1-2H3/t24?,28-,29-,30-/m1/s1. The average Bonchev–Trinajstić information content (AvgIpc) is 2.81. The van der Waals surface area contributed by atoms with Crippen molar-refractivity contribution in [2.45, 2.75) is 96.8 Å². The van der Waals surface area contributed by atoms with E-state index in [1.807, 2.05) is 0 Å². The number of benzene rings is 2. The van der Waals surface area contributed by atoms with Gasteiger partial charge in [-0.1, -0.05) is 101 Å². The van der Waals surface area contributed by atoms with Gasteiger partial charge in [0.15, 0.2) is 0 Å². The fourth-order valence-corrected chi connectivity index (χ4v) is 6.29. The van der Waals surface area contributed by atoms with Gasteiger partial charge >= 0.3 is 0 Å². The largest absolute Gasteiger partial charge is 0.0654 e. The molecule has 0 saturated heterocycles. The van der Waals surface area contributed by atoms with Crippen molar-refractivity contribution in [2.75, 3.05) is 0 Å². The van der Waals surface area contributed by atoms with Crippen LogP contribution in [0.4, 0.5) is 0 Å². The smallest absolute Gasteiger partial charge is 0.0159 e. The molecule has 0 spiro atoms. The van der Waals surface area contributed by atoms with Gasteiger partial charge in [0.25, 0.3) is 0 Å². The molecule has 2 saturated carbocycles. The van der Waals surface area contributed by atoms with E-state index < -0.39 is 0 Å². The number of aryl methyl sites for hydroxylation is 1. The van der Waals surface area contributed by atoms with E-state index in [2.05, 4.69) is 62.4 Å². The van der Waals surface area contributed by atoms with Crippen LogP contribution in [-0.2, 0) is 6.42 Å². The zero-order valence-corrected chi connectivity index (χ0v) is 19.4. The second kappa shape index (κ2) is 10.7. The molecule has 4 atom stereocenters. The summed E-state index contributed by atoms with van der Waals surface area (Å²) in [6.07, 6.45) is 17.2. The van der Waals surface area contributed by atoms with Crippen molar-refractivity contribution in [3.63, 3.8) is 0 Å². The summed E-state index contributed by atoms with van der Waals surface area (Å²) < 4.78 is 0. The highest BCUT2D eigenvalue weighted by Crippen LogP contribution is 2.48. The molecule has 1 unspecified atom stereocenters. The lowest BCUT2D eigenvalue weighted by atomic mass is 9.63. The number of hydrogen-bond donors (Lipinski definition) is 0. The Kier molecular flexibility index (Phi) is 7.69. The van der Waals surface area contributed by atoms with Crippen LogP contribution in [0.5, 0.6) is 0 Å². The van der Waals surface area contributed by atoms with Crippen molar-refractivity contribution in [3.05, 3.63) is 59.7 Å². The SMILES string of the molecule is CCCCCCC1CC[C@@H]2C[C@H](c3ccc(-c4ccc(CC)cc4)cc3)CC[C@@H]2C1. The van der Waals surface area contributed by atoms with E-state index in [4.69, 9.17) is 0 Å². The molecular formula is C30H42. The van der Waals surface area contributed by atoms with Gasteiger partial charge in [-0.15, -0.1) is 0 Å². The third-order valence-corrected chi connectivity index (χ3v) is 8.27. The van der Waals surface area contributed by atoms with Crippen LogP contribution in [0.2, 0.25) is 0 Å². The third kappa shape index (κ3) is 5.37. The predicted octanol–water partition coefficient (Wildman–Crippen LogP) is 9.19. The topological polar surface area (TPSA) is 0 Å². The summed E-state index contributed by atoms with van der Waals surface area (Å²) >= 11 is 0. The van der Waals surface area contributed by atoms with Crippen LogP contribution in [0.1, 0.15) is 102 Å². The van der Waals surface area contributed by atoms with Crippen LogP contribution in [0.25, 0.3) is 11.1 Å². The summed E-state index contributed by atoms with van der Waals surface area (Å²) in [4.78, 5) is 0. The van der Waals surface area contributed by atoms with Crippen molar-refractivity contribution in [3.8, 4) is 11.1 Å². The molecule has 0 bridgehead atoms. The summed E-state index contributed by atoms with van der Waals surface area (Å²) in [6.45, 7) is 4.54. The van der Waals surface area contributed by atoms with Crippen LogP contribution in [-0.4, -0.2) is 0 Å². The molecule has 4 rings (SSSR count). The summed E-state index contributed by atoms with van der Waals surface area (Å²) in [5.41, 5.74) is 5.71. The quantitative estimate of drug-likeness (QED) is 0.386. The first-order chi connectivity index (χ1) is 14.8. The summed E-state index contributed by atoms with van der Waals surface area (Å²) in [6, 6.07) is 18.7. The Labute approximate surface area is 185 Å². The maximum absolute atomic E-state index is 2.42. The molecule has 2 aromatic carbocycles. The lowest BCUT2D eigenvalue weighted by molar-refractivity contribution is 0.113. The van der Waals surface area contributed by atoms with E-state index in [1.54, 1.807) is 5.56 Å². The number of unbranched alkanes of at least 4 members (excludes halogenated alkanes) is 3. The maximum atomic E-state index is 2.42. The second-order valence-corrected chi connectivity index (χ2v) is 10.2. The first-order valence-electron chi connectivity index (χ1n) is 13.0. The molecule has 2 fully saturated rings. The monoisotopic (exact) mass is 402 g/mol. The molecule has 2 aromatic rings. The van der Waals surface area contributed by atoms with Gasteiger partial charge < -0.3 is 0 Å². The highest BCUT2D eigenvalue weighted by molar-refractivity contribution is 5.64. The van der Waals surface area contributed by atoms with Crippen LogP contribution >= 0.6 is 0 Å². The fraction of sp³-hybridized carbons (Fsp3) is 0.600. The highest BCUT2D eigenvalue weighted by atomic mass is 14.4. The minimum atomic E-state index is 0.795. The first kappa shape index (κ1) is 21.7. The molecule has 2 aliphatic carbocycles. The normalized spacial score (nSPS) is 26.3. The number of rotatable bonds is 8. The van der Waals surface area contributed by atoms with E-state index in [-0.39, 0.29) is 0 Å². The van der Waals surface area contributed by atoms with Crippen molar-refractivity contribution in [1.82, 2.24) is 0 Å². The minimum Gasteiger partial charge on any atom is -0.0654 e. The summed E-state index contributed by atoms with van der Waals surface area (Å²) in [5, 5.41) is 0. The van der Waals surface area contributed by atoms with Crippen molar-refractivity contribution >= 4 is 0 Å². The van der Waals surface area contributed by atoms with Gasteiger partial charge in [0.1, 0.15) is 0 Å². The summed E-state index contributed by atoms with van der Waals surface area (Å²) in [5.74, 6) is 3.86. The Balaban J connectivity index is 1.30. The van der Waals surface area contributed by atoms with Crippen LogP contribution in [0.3, 0.4) is 0 Å². The van der Waals surface area contributed by atoms with Gasteiger partial charge in [-0.05, 0) is 84.5 Å². The van der Waals surface area contributed by atoms with Gasteiger partial charge in [-0.2, -0.15) is 0 Å². The minimum absolute atomic E-state index is 0.795. The molecule has 2 aliphatic rings. The maximum Gasteiger partial charge on any atom is -0.0159 e. The highest BCUT2D eigenvalue weighted by Gasteiger charge is 2.35. The van der Waals surface area contributed by atoms with E-state index in [1.165, 1.54) is 87.3 Å². The van der Waals surface area contributed by atoms with Crippen LogP contribution < -0.4 is 0 Å². The molecular weight excluding hydrogens is 360 g/mol. The Morgan fingerprint density at radius 1 is 0.667 bits per heavy atom. The Morgan fingerprint density at radius 2 is 1.33 bits per heavy atom. The zero-order chi connectivity index (χ0) is 20.8. The fourth-order valence-electron chi connectivity index (χ4n) is 6.29. The number of hydrogen-bond acceptors (Lipinski definition) is 0. The lowest BCUT2D eigenvalue weighted by Gasteiger charge is -2.42. The summed E-state index contributed by atoms with van der Waals surface area (Å²) in [7, 11) is 0. The van der Waals surface area contributed by atoms with Crippen molar-refractivity contribution in [2.24, 2.45) is 17.8 Å². The van der Waals surface area contributed by atoms with Gasteiger partial charge in [-0.3, -0.25) is 0 Å². The molecule has 0 amide bonds. The Morgan fingerprint density at radius 3 is 2.03 bits per heavy atom. The zero-order valence-electron chi connectivity index (χ0n) is 19.4. The molecule has 0 nitrogen and oxygen atoms in total. The van der Waals surface area contributed by atoms with Crippen LogP contribution in [0, 0.1) is 17.8 Å². The molecule has 0 radical (unpaired) electrons. The first-order valence-corrected chi connectivity index (χ1v) is 13.0. The van der Waals surface area contributed by atoms with E-state index in [9.17, 15) is 0 Å². The molecule has 0 aromatic heterocycles. The predicted molar refractivity (Wildman–Crippen MR) is 131 cm³/mol. The molecule has 0 aliphatic heterocycles. The molecule has 30 heavy (non-hydrogen) atoms. The Bertz CT molecular complexity index is 754. The second-order valence-electron chi connectivity index (χ2n) is 10.2. The van der Waals surface area contributed by atoms with Crippen molar-refractivity contribution < 1.29 is 0 Å². The van der Waals surface area contributed by atoms with Gasteiger partial charge in [0, 0.05) is 0 Å². The van der Waals surface area contributed by atoms with E-state index in [0.717, 1.165) is 30.1 Å². The third-order valence-electron chi connectivity index (χ3n) is 8.27. The molecule has 162 valence electrons. The average molecular weight is 403 g/mol. The Hall–Kier alpha value is -1.56. The van der Waals surface area contributed by atoms with E-state index >= 15 is 0 Å². The lowest BCUT2D eigenvalue weighted by Crippen LogP contribution is -2.30. The molecule has 0 heterocycles. The van der Waals surface area contributed by atoms with Crippen molar-refractivity contribution in [1.29, 1.82) is 0 Å². The number of fused-ring (bicyclic) bond motifs is 1. The molecule has 0 heteroatoms. The van der Waals surface area contributed by atoms with Gasteiger partial charge in [0.2, 0.25) is 0 Å². The van der Waals surface area contributed by atoms with Gasteiger partial charge in [-0.25, -0.2) is 0 Å². The van der Waals surface area contributed by atoms with Crippen LogP contribution in [0.15, 0.2) is 48.5 Å². The van der Waals surface area contributed by atoms with Gasteiger partial charge in [0.05, 0.1) is 0 Å². The van der Waals surface area contributed by atoms with E-state index in [0.29, 0.717) is 0 Å².